The fourth-order valence-electron chi connectivity index (χ4n) is 2.39. The number of hydrogen-bond donors (Lipinski definition) is 1. The number of amides is 1. The largest absolute Gasteiger partial charge is 0.490 e. The van der Waals surface area contributed by atoms with Crippen molar-refractivity contribution >= 4 is 11.6 Å². The van der Waals surface area contributed by atoms with E-state index in [0.717, 1.165) is 37.4 Å². The first-order chi connectivity index (χ1) is 9.36. The van der Waals surface area contributed by atoms with Gasteiger partial charge in [0.25, 0.3) is 0 Å². The van der Waals surface area contributed by atoms with E-state index in [1.54, 1.807) is 0 Å². The number of carbonyl (C=O) groups excluding carboxylic acids is 1. The van der Waals surface area contributed by atoms with Crippen LogP contribution in [-0.2, 0) is 4.79 Å². The van der Waals surface area contributed by atoms with Gasteiger partial charge < -0.3 is 15.4 Å². The normalized spacial score (nSPS) is 17.1. The summed E-state index contributed by atoms with van der Waals surface area (Å²) >= 11 is 0. The summed E-state index contributed by atoms with van der Waals surface area (Å²) in [5.41, 5.74) is 6.09. The third kappa shape index (κ3) is 3.65. The van der Waals surface area contributed by atoms with Crippen LogP contribution in [0.5, 0.6) is 5.75 Å². The number of nitrogens with two attached hydrogens (primary N) is 1. The Bertz CT molecular complexity index is 454. The summed E-state index contributed by atoms with van der Waals surface area (Å²) in [6.07, 6.45) is 1.95. The highest BCUT2D eigenvalue weighted by Crippen LogP contribution is 2.23. The van der Waals surface area contributed by atoms with Crippen LogP contribution in [0.4, 0.5) is 5.69 Å². The smallest absolute Gasteiger partial charge is 0.227 e. The van der Waals surface area contributed by atoms with E-state index in [0.29, 0.717) is 0 Å². The number of anilines is 1. The van der Waals surface area contributed by atoms with Crippen molar-refractivity contribution in [1.82, 2.24) is 4.90 Å². The van der Waals surface area contributed by atoms with Crippen molar-refractivity contribution < 1.29 is 9.53 Å². The lowest BCUT2D eigenvalue weighted by Gasteiger charge is -2.35. The van der Waals surface area contributed by atoms with Gasteiger partial charge in [0, 0.05) is 37.0 Å². The molecule has 0 atom stereocenters. The van der Waals surface area contributed by atoms with Gasteiger partial charge in [-0.1, -0.05) is 20.8 Å². The molecule has 4 nitrogen and oxygen atoms in total. The molecule has 0 spiro atoms. The van der Waals surface area contributed by atoms with Gasteiger partial charge in [-0.25, -0.2) is 0 Å². The summed E-state index contributed by atoms with van der Waals surface area (Å²) < 4.78 is 5.93. The first kappa shape index (κ1) is 14.7. The van der Waals surface area contributed by atoms with E-state index in [9.17, 15) is 4.79 Å². The number of piperidine rings is 1. The highest BCUT2D eigenvalue weighted by atomic mass is 16.5. The number of nitrogens with zero attached hydrogens (tertiary/aromatic N) is 1. The Balaban J connectivity index is 1.85. The van der Waals surface area contributed by atoms with Gasteiger partial charge in [-0.05, 0) is 24.3 Å². The molecule has 1 aliphatic rings. The van der Waals surface area contributed by atoms with Crippen molar-refractivity contribution in [3.05, 3.63) is 24.3 Å². The SMILES string of the molecule is CC(C)(C)C(=O)N1CCC(Oc2ccc(N)cc2)CC1. The lowest BCUT2D eigenvalue weighted by Crippen LogP contribution is -2.46. The molecule has 2 N–H and O–H groups in total. The molecule has 1 fully saturated rings. The summed E-state index contributed by atoms with van der Waals surface area (Å²) in [6, 6.07) is 7.46. The maximum absolute atomic E-state index is 12.2. The Morgan fingerprint density at radius 2 is 1.75 bits per heavy atom. The maximum Gasteiger partial charge on any atom is 0.227 e. The second-order valence-electron chi connectivity index (χ2n) is 6.43. The third-order valence-corrected chi connectivity index (χ3v) is 3.55. The van der Waals surface area contributed by atoms with Crippen LogP contribution in [0.15, 0.2) is 24.3 Å². The standard InChI is InChI=1S/C16H24N2O2/c1-16(2,3)15(19)18-10-8-14(9-11-18)20-13-6-4-12(17)5-7-13/h4-7,14H,8-11,17H2,1-3H3. The average molecular weight is 276 g/mol. The number of ether oxygens (including phenoxy) is 1. The zero-order valence-corrected chi connectivity index (χ0v) is 12.6. The number of hydrogen-bond acceptors (Lipinski definition) is 3. The molecule has 1 aromatic carbocycles. The Morgan fingerprint density at radius 1 is 1.20 bits per heavy atom. The highest BCUT2D eigenvalue weighted by molar-refractivity contribution is 5.81. The maximum atomic E-state index is 12.2. The van der Waals surface area contributed by atoms with Crippen LogP contribution >= 0.6 is 0 Å². The molecule has 1 saturated heterocycles. The lowest BCUT2D eigenvalue weighted by molar-refractivity contribution is -0.141. The predicted molar refractivity (Wildman–Crippen MR) is 80.5 cm³/mol. The van der Waals surface area contributed by atoms with E-state index in [1.165, 1.54) is 0 Å². The van der Waals surface area contributed by atoms with Crippen molar-refractivity contribution in [2.45, 2.75) is 39.7 Å². The Morgan fingerprint density at radius 3 is 2.25 bits per heavy atom. The predicted octanol–water partition coefficient (Wildman–Crippen LogP) is 2.68. The molecular weight excluding hydrogens is 252 g/mol. The van der Waals surface area contributed by atoms with Crippen molar-refractivity contribution in [1.29, 1.82) is 0 Å². The van der Waals surface area contributed by atoms with Crippen LogP contribution in [0.2, 0.25) is 0 Å². The summed E-state index contributed by atoms with van der Waals surface area (Å²) in [7, 11) is 0. The Hall–Kier alpha value is -1.71. The average Bonchev–Trinajstić information content (AvgIpc) is 2.40. The summed E-state index contributed by atoms with van der Waals surface area (Å²) in [4.78, 5) is 14.1. The number of rotatable bonds is 2. The van der Waals surface area contributed by atoms with Gasteiger partial charge in [0.15, 0.2) is 0 Å². The quantitative estimate of drug-likeness (QED) is 0.845. The summed E-state index contributed by atoms with van der Waals surface area (Å²) in [6.45, 7) is 7.44. The van der Waals surface area contributed by atoms with Crippen LogP contribution in [-0.4, -0.2) is 30.0 Å². The molecule has 0 bridgehead atoms. The van der Waals surface area contributed by atoms with Crippen molar-refractivity contribution in [2.24, 2.45) is 5.41 Å². The molecule has 4 heteroatoms. The van der Waals surface area contributed by atoms with E-state index in [4.69, 9.17) is 10.5 Å². The molecule has 110 valence electrons. The van der Waals surface area contributed by atoms with E-state index in [-0.39, 0.29) is 17.4 Å². The molecule has 2 rings (SSSR count). The summed E-state index contributed by atoms with van der Waals surface area (Å²) in [5, 5.41) is 0. The first-order valence-electron chi connectivity index (χ1n) is 7.18. The van der Waals surface area contributed by atoms with E-state index >= 15 is 0 Å². The molecule has 0 saturated carbocycles. The molecule has 0 aliphatic carbocycles. The Labute approximate surface area is 120 Å². The van der Waals surface area contributed by atoms with Crippen LogP contribution in [0.3, 0.4) is 0 Å². The molecule has 0 radical (unpaired) electrons. The fraction of sp³-hybridized carbons (Fsp3) is 0.562. The van der Waals surface area contributed by atoms with Crippen molar-refractivity contribution in [3.63, 3.8) is 0 Å². The van der Waals surface area contributed by atoms with Crippen LogP contribution < -0.4 is 10.5 Å². The van der Waals surface area contributed by atoms with E-state index in [2.05, 4.69) is 0 Å². The van der Waals surface area contributed by atoms with Crippen LogP contribution in [0.1, 0.15) is 33.6 Å². The summed E-state index contributed by atoms with van der Waals surface area (Å²) in [5.74, 6) is 1.07. The van der Waals surface area contributed by atoms with Gasteiger partial charge in [-0.3, -0.25) is 4.79 Å². The molecule has 1 aliphatic heterocycles. The first-order valence-corrected chi connectivity index (χ1v) is 7.18. The van der Waals surface area contributed by atoms with E-state index < -0.39 is 0 Å². The minimum absolute atomic E-state index is 0.183. The minimum Gasteiger partial charge on any atom is -0.490 e. The van der Waals surface area contributed by atoms with Gasteiger partial charge in [0.05, 0.1) is 0 Å². The number of benzene rings is 1. The van der Waals surface area contributed by atoms with Crippen molar-refractivity contribution in [3.8, 4) is 5.75 Å². The molecule has 1 heterocycles. The minimum atomic E-state index is -0.301. The number of carbonyl (C=O) groups is 1. The van der Waals surface area contributed by atoms with Crippen LogP contribution in [0.25, 0.3) is 0 Å². The molecule has 20 heavy (non-hydrogen) atoms. The van der Waals surface area contributed by atoms with E-state index in [1.807, 2.05) is 49.9 Å². The van der Waals surface area contributed by atoms with Crippen molar-refractivity contribution in [2.75, 3.05) is 18.8 Å². The van der Waals surface area contributed by atoms with Gasteiger partial charge in [-0.2, -0.15) is 0 Å². The van der Waals surface area contributed by atoms with Gasteiger partial charge in [0.1, 0.15) is 11.9 Å². The fourth-order valence-corrected chi connectivity index (χ4v) is 2.39. The zero-order chi connectivity index (χ0) is 14.8. The lowest BCUT2D eigenvalue weighted by atomic mass is 9.93. The topological polar surface area (TPSA) is 55.6 Å². The third-order valence-electron chi connectivity index (χ3n) is 3.55. The molecule has 0 aromatic heterocycles. The molecular formula is C16H24N2O2. The second-order valence-corrected chi connectivity index (χ2v) is 6.43. The Kier molecular flexibility index (Phi) is 4.21. The molecule has 0 unspecified atom stereocenters. The second kappa shape index (κ2) is 5.73. The zero-order valence-electron chi connectivity index (χ0n) is 12.6. The number of nitrogen functional groups attached to an aromatic ring is 1. The molecule has 1 aromatic rings. The number of likely N-dealkylation sites (tertiary alicyclic amines) is 1. The van der Waals surface area contributed by atoms with Gasteiger partial charge in [0.2, 0.25) is 5.91 Å². The molecule has 1 amide bonds. The monoisotopic (exact) mass is 276 g/mol. The van der Waals surface area contributed by atoms with Gasteiger partial charge >= 0.3 is 0 Å². The van der Waals surface area contributed by atoms with Crippen LogP contribution in [0, 0.1) is 5.41 Å². The van der Waals surface area contributed by atoms with Gasteiger partial charge in [-0.15, -0.1) is 0 Å². The highest BCUT2D eigenvalue weighted by Gasteiger charge is 2.30.